The summed E-state index contributed by atoms with van der Waals surface area (Å²) in [6, 6.07) is 6.65. The molecule has 0 saturated heterocycles. The van der Waals surface area contributed by atoms with Crippen molar-refractivity contribution in [2.45, 2.75) is 13.0 Å². The fraction of sp³-hybridized carbons (Fsp3) is 0.364. The lowest BCUT2D eigenvalue weighted by molar-refractivity contribution is -0.123. The Morgan fingerprint density at radius 2 is 2.25 bits per heavy atom. The molecule has 0 fully saturated rings. The number of halogens is 1. The molecule has 0 aromatic heterocycles. The second-order valence-electron chi connectivity index (χ2n) is 3.37. The monoisotopic (exact) mass is 243 g/mol. The van der Waals surface area contributed by atoms with Crippen molar-refractivity contribution in [3.8, 4) is 5.75 Å². The zero-order valence-electron chi connectivity index (χ0n) is 8.94. The molecule has 0 unspecified atom stereocenters. The van der Waals surface area contributed by atoms with Gasteiger partial charge in [-0.2, -0.15) is 0 Å². The molecule has 0 aliphatic rings. The minimum Gasteiger partial charge on any atom is -0.482 e. The third kappa shape index (κ3) is 4.08. The van der Waals surface area contributed by atoms with Crippen molar-refractivity contribution >= 4 is 17.5 Å². The van der Waals surface area contributed by atoms with Crippen molar-refractivity contribution in [2.24, 2.45) is 0 Å². The first-order valence-electron chi connectivity index (χ1n) is 4.91. The molecule has 0 bridgehead atoms. The zero-order chi connectivity index (χ0) is 12.0. The molecule has 0 heterocycles. The van der Waals surface area contributed by atoms with Crippen LogP contribution in [0, 0.1) is 0 Å². The Morgan fingerprint density at radius 3 is 2.88 bits per heavy atom. The first kappa shape index (κ1) is 12.8. The van der Waals surface area contributed by atoms with Gasteiger partial charge in [-0.25, -0.2) is 0 Å². The highest BCUT2D eigenvalue weighted by molar-refractivity contribution is 6.32. The number of hydrogen-bond donors (Lipinski definition) is 2. The predicted molar refractivity (Wildman–Crippen MR) is 61.6 cm³/mol. The Kier molecular flexibility index (Phi) is 5.08. The molecule has 1 aromatic carbocycles. The number of aliphatic hydroxyl groups excluding tert-OH is 1. The summed E-state index contributed by atoms with van der Waals surface area (Å²) in [6.45, 7) is 1.49. The summed E-state index contributed by atoms with van der Waals surface area (Å²) in [4.78, 5) is 11.3. The van der Waals surface area contributed by atoms with Gasteiger partial charge in [0.1, 0.15) is 5.75 Å². The van der Waals surface area contributed by atoms with E-state index >= 15 is 0 Å². The third-order valence-corrected chi connectivity index (χ3v) is 2.19. The van der Waals surface area contributed by atoms with Crippen molar-refractivity contribution in [1.82, 2.24) is 5.32 Å². The first-order chi connectivity index (χ1) is 7.63. The van der Waals surface area contributed by atoms with E-state index < -0.39 is 0 Å². The number of rotatable bonds is 5. The Bertz CT molecular complexity index is 357. The van der Waals surface area contributed by atoms with Gasteiger partial charge in [-0.15, -0.1) is 0 Å². The molecule has 0 radical (unpaired) electrons. The average Bonchev–Trinajstić information content (AvgIpc) is 2.28. The van der Waals surface area contributed by atoms with Gasteiger partial charge in [0, 0.05) is 6.04 Å². The Morgan fingerprint density at radius 1 is 1.56 bits per heavy atom. The highest BCUT2D eigenvalue weighted by Gasteiger charge is 2.07. The van der Waals surface area contributed by atoms with Crippen LogP contribution in [-0.2, 0) is 4.79 Å². The van der Waals surface area contributed by atoms with Crippen LogP contribution in [0.1, 0.15) is 6.92 Å². The first-order valence-corrected chi connectivity index (χ1v) is 5.29. The SMILES string of the molecule is C[C@@H](CO)NC(=O)COc1ccccc1Cl. The van der Waals surface area contributed by atoms with Gasteiger partial charge >= 0.3 is 0 Å². The van der Waals surface area contributed by atoms with Crippen LogP contribution >= 0.6 is 11.6 Å². The molecule has 1 atom stereocenters. The van der Waals surface area contributed by atoms with Gasteiger partial charge in [-0.1, -0.05) is 23.7 Å². The summed E-state index contributed by atoms with van der Waals surface area (Å²) < 4.78 is 5.22. The van der Waals surface area contributed by atoms with Crippen LogP contribution in [0.15, 0.2) is 24.3 Å². The van der Waals surface area contributed by atoms with Gasteiger partial charge in [0.2, 0.25) is 0 Å². The summed E-state index contributed by atoms with van der Waals surface area (Å²) in [5.41, 5.74) is 0. The van der Waals surface area contributed by atoms with Crippen LogP contribution in [0.2, 0.25) is 5.02 Å². The largest absolute Gasteiger partial charge is 0.482 e. The van der Waals surface area contributed by atoms with Crippen molar-refractivity contribution in [3.63, 3.8) is 0 Å². The molecule has 88 valence electrons. The normalized spacial score (nSPS) is 11.9. The number of hydrogen-bond acceptors (Lipinski definition) is 3. The Balaban J connectivity index is 2.40. The summed E-state index contributed by atoms with van der Waals surface area (Å²) in [6.07, 6.45) is 0. The van der Waals surface area contributed by atoms with Gasteiger partial charge < -0.3 is 15.2 Å². The standard InChI is InChI=1S/C11H14ClNO3/c1-8(6-14)13-11(15)7-16-10-5-3-2-4-9(10)12/h2-5,8,14H,6-7H2,1H3,(H,13,15)/t8-/m0/s1. The lowest BCUT2D eigenvalue weighted by Crippen LogP contribution is -2.38. The van der Waals surface area contributed by atoms with E-state index in [1.54, 1.807) is 31.2 Å². The number of ether oxygens (including phenoxy) is 1. The van der Waals surface area contributed by atoms with Crippen LogP contribution < -0.4 is 10.1 Å². The van der Waals surface area contributed by atoms with Crippen molar-refractivity contribution in [2.75, 3.05) is 13.2 Å². The van der Waals surface area contributed by atoms with Crippen LogP contribution in [0.25, 0.3) is 0 Å². The molecular formula is C11H14ClNO3. The van der Waals surface area contributed by atoms with Crippen LogP contribution in [-0.4, -0.2) is 30.3 Å². The second kappa shape index (κ2) is 6.35. The molecule has 0 saturated carbocycles. The van der Waals surface area contributed by atoms with E-state index in [-0.39, 0.29) is 25.2 Å². The topological polar surface area (TPSA) is 58.6 Å². The van der Waals surface area contributed by atoms with Gasteiger partial charge in [0.25, 0.3) is 5.91 Å². The smallest absolute Gasteiger partial charge is 0.258 e. The van der Waals surface area contributed by atoms with E-state index in [4.69, 9.17) is 21.4 Å². The summed E-state index contributed by atoms with van der Waals surface area (Å²) in [5.74, 6) is 0.178. The van der Waals surface area contributed by atoms with E-state index in [1.165, 1.54) is 0 Å². The lowest BCUT2D eigenvalue weighted by Gasteiger charge is -2.11. The molecule has 1 amide bonds. The molecule has 4 nitrogen and oxygen atoms in total. The van der Waals surface area contributed by atoms with Crippen LogP contribution in [0.3, 0.4) is 0 Å². The van der Waals surface area contributed by atoms with Crippen molar-refractivity contribution in [1.29, 1.82) is 0 Å². The maximum Gasteiger partial charge on any atom is 0.258 e. The number of carbonyl (C=O) groups excluding carboxylic acids is 1. The number of nitrogens with one attached hydrogen (secondary N) is 1. The lowest BCUT2D eigenvalue weighted by atomic mass is 10.3. The van der Waals surface area contributed by atoms with Crippen LogP contribution in [0.5, 0.6) is 5.75 Å². The molecule has 0 aliphatic heterocycles. The third-order valence-electron chi connectivity index (χ3n) is 1.88. The van der Waals surface area contributed by atoms with E-state index in [9.17, 15) is 4.79 Å². The minimum atomic E-state index is -0.290. The molecule has 1 aromatic rings. The highest BCUT2D eigenvalue weighted by Crippen LogP contribution is 2.22. The van der Waals surface area contributed by atoms with E-state index in [1.807, 2.05) is 0 Å². The molecule has 1 rings (SSSR count). The summed E-state index contributed by atoms with van der Waals surface area (Å²) in [5, 5.41) is 11.8. The van der Waals surface area contributed by atoms with Gasteiger partial charge in [0.15, 0.2) is 6.61 Å². The molecule has 0 aliphatic carbocycles. The number of benzene rings is 1. The quantitative estimate of drug-likeness (QED) is 0.818. The Labute approximate surface area is 99.2 Å². The number of amides is 1. The number of carbonyl (C=O) groups is 1. The summed E-state index contributed by atoms with van der Waals surface area (Å²) >= 11 is 5.84. The van der Waals surface area contributed by atoms with E-state index in [0.717, 1.165) is 0 Å². The molecule has 0 spiro atoms. The maximum absolute atomic E-state index is 11.3. The fourth-order valence-electron chi connectivity index (χ4n) is 1.07. The van der Waals surface area contributed by atoms with Gasteiger partial charge in [-0.05, 0) is 19.1 Å². The number of aliphatic hydroxyl groups is 1. The number of para-hydroxylation sites is 1. The van der Waals surface area contributed by atoms with Crippen LogP contribution in [0.4, 0.5) is 0 Å². The second-order valence-corrected chi connectivity index (χ2v) is 3.78. The highest BCUT2D eigenvalue weighted by atomic mass is 35.5. The molecular weight excluding hydrogens is 230 g/mol. The van der Waals surface area contributed by atoms with Crippen molar-refractivity contribution in [3.05, 3.63) is 29.3 Å². The maximum atomic E-state index is 11.3. The minimum absolute atomic E-state index is 0.0994. The molecule has 5 heteroatoms. The van der Waals surface area contributed by atoms with Gasteiger partial charge in [-0.3, -0.25) is 4.79 Å². The molecule has 16 heavy (non-hydrogen) atoms. The van der Waals surface area contributed by atoms with Crippen molar-refractivity contribution < 1.29 is 14.6 Å². The van der Waals surface area contributed by atoms with E-state index in [2.05, 4.69) is 5.32 Å². The van der Waals surface area contributed by atoms with E-state index in [0.29, 0.717) is 10.8 Å². The Hall–Kier alpha value is -1.26. The summed E-state index contributed by atoms with van der Waals surface area (Å²) in [7, 11) is 0. The zero-order valence-corrected chi connectivity index (χ0v) is 9.70. The van der Waals surface area contributed by atoms with Gasteiger partial charge in [0.05, 0.1) is 11.6 Å². The molecule has 2 N–H and O–H groups in total. The predicted octanol–water partition coefficient (Wildman–Crippen LogP) is 1.22. The fourth-order valence-corrected chi connectivity index (χ4v) is 1.26. The average molecular weight is 244 g/mol.